The summed E-state index contributed by atoms with van der Waals surface area (Å²) in [6, 6.07) is 9.13. The molecular formula is C19H28O4S3. The van der Waals surface area contributed by atoms with Crippen LogP contribution in [-0.4, -0.2) is 56.2 Å². The normalized spacial score (nSPS) is 23.3. The molecule has 3 atom stereocenters. The van der Waals surface area contributed by atoms with E-state index in [1.165, 1.54) is 0 Å². The van der Waals surface area contributed by atoms with Crippen LogP contribution in [0.2, 0.25) is 0 Å². The molecule has 0 spiro atoms. The Morgan fingerprint density at radius 3 is 2.27 bits per heavy atom. The lowest BCUT2D eigenvalue weighted by molar-refractivity contribution is -0.153. The van der Waals surface area contributed by atoms with Gasteiger partial charge in [-0.3, -0.25) is 4.79 Å². The zero-order valence-electron chi connectivity index (χ0n) is 15.7. The summed E-state index contributed by atoms with van der Waals surface area (Å²) in [5, 5.41) is 10.7. The van der Waals surface area contributed by atoms with Crippen molar-refractivity contribution in [3.63, 3.8) is 0 Å². The summed E-state index contributed by atoms with van der Waals surface area (Å²) in [5.41, 5.74) is 0.645. The molecule has 0 bridgehead atoms. The smallest absolute Gasteiger partial charge is 0.219 e. The Morgan fingerprint density at radius 1 is 1.12 bits per heavy atom. The first-order valence-electron chi connectivity index (χ1n) is 8.87. The van der Waals surface area contributed by atoms with Crippen molar-refractivity contribution in [2.75, 3.05) is 17.3 Å². The van der Waals surface area contributed by atoms with Gasteiger partial charge in [0.05, 0.1) is 10.7 Å². The molecule has 1 aromatic rings. The molecule has 0 unspecified atom stereocenters. The van der Waals surface area contributed by atoms with Crippen LogP contribution in [0.5, 0.6) is 0 Å². The first kappa shape index (κ1) is 22.1. The lowest BCUT2D eigenvalue weighted by Crippen LogP contribution is -2.41. The van der Waals surface area contributed by atoms with E-state index >= 15 is 0 Å². The molecule has 1 saturated heterocycles. The Kier molecular flexibility index (Phi) is 8.83. The summed E-state index contributed by atoms with van der Waals surface area (Å²) in [4.78, 5) is 12.3. The first-order chi connectivity index (χ1) is 12.4. The van der Waals surface area contributed by atoms with Crippen LogP contribution in [0.1, 0.15) is 38.1 Å². The summed E-state index contributed by atoms with van der Waals surface area (Å²) >= 11 is 4.76. The van der Waals surface area contributed by atoms with Crippen LogP contribution in [0.3, 0.4) is 0 Å². The largest absolute Gasteiger partial charge is 0.389 e. The highest BCUT2D eigenvalue weighted by Crippen LogP contribution is 2.40. The number of ether oxygens (including phenoxy) is 2. The number of hydrogen-bond acceptors (Lipinski definition) is 7. The minimum atomic E-state index is -0.767. The molecule has 2 rings (SSSR count). The molecule has 1 N–H and O–H groups in total. The van der Waals surface area contributed by atoms with Gasteiger partial charge in [-0.15, -0.1) is 23.5 Å². The first-order valence-corrected chi connectivity index (χ1v) is 11.9. The quantitative estimate of drug-likeness (QED) is 0.603. The average Bonchev–Trinajstić information content (AvgIpc) is 2.95. The zero-order valence-corrected chi connectivity index (χ0v) is 18.2. The van der Waals surface area contributed by atoms with E-state index in [2.05, 4.69) is 13.8 Å². The number of carbonyl (C=O) groups excluding carboxylic acids is 1. The fourth-order valence-electron chi connectivity index (χ4n) is 2.81. The van der Waals surface area contributed by atoms with Gasteiger partial charge in [-0.2, -0.15) is 0 Å². The molecule has 1 aliphatic heterocycles. The van der Waals surface area contributed by atoms with Crippen LogP contribution in [0.25, 0.3) is 0 Å². The van der Waals surface area contributed by atoms with Gasteiger partial charge in [0.2, 0.25) is 5.12 Å². The molecule has 0 aromatic heterocycles. The number of benzene rings is 1. The lowest BCUT2D eigenvalue weighted by Gasteiger charge is -2.27. The molecule has 26 heavy (non-hydrogen) atoms. The third-order valence-corrected chi connectivity index (χ3v) is 7.55. The number of rotatable bonds is 9. The van der Waals surface area contributed by atoms with Gasteiger partial charge in [0.25, 0.3) is 0 Å². The molecule has 1 aliphatic rings. The van der Waals surface area contributed by atoms with Crippen molar-refractivity contribution in [3.8, 4) is 0 Å². The summed E-state index contributed by atoms with van der Waals surface area (Å²) in [5.74, 6) is 1.50. The molecule has 1 fully saturated rings. The monoisotopic (exact) mass is 416 g/mol. The molecule has 1 heterocycles. The van der Waals surface area contributed by atoms with E-state index in [0.717, 1.165) is 23.3 Å². The molecule has 146 valence electrons. The van der Waals surface area contributed by atoms with Gasteiger partial charge in [-0.25, -0.2) is 0 Å². The van der Waals surface area contributed by atoms with E-state index in [0.29, 0.717) is 5.56 Å². The highest BCUT2D eigenvalue weighted by Gasteiger charge is 2.48. The van der Waals surface area contributed by atoms with Crippen LogP contribution >= 0.6 is 35.3 Å². The summed E-state index contributed by atoms with van der Waals surface area (Å²) < 4.78 is 12.3. The summed E-state index contributed by atoms with van der Waals surface area (Å²) in [7, 11) is 0. The van der Waals surface area contributed by atoms with Gasteiger partial charge < -0.3 is 14.6 Å². The maximum absolute atomic E-state index is 12.3. The second kappa shape index (κ2) is 10.4. The fourth-order valence-corrected chi connectivity index (χ4v) is 6.28. The van der Waals surface area contributed by atoms with Crippen molar-refractivity contribution < 1.29 is 19.4 Å². The van der Waals surface area contributed by atoms with E-state index < -0.39 is 18.0 Å². The average molecular weight is 417 g/mol. The third kappa shape index (κ3) is 6.17. The topological polar surface area (TPSA) is 55.8 Å². The fraction of sp³-hybridized carbons (Fsp3) is 0.632. The Bertz CT molecular complexity index is 561. The second-order valence-corrected chi connectivity index (χ2v) is 10.5. The minimum Gasteiger partial charge on any atom is -0.389 e. The SMILES string of the molecule is CCSC(SCC)[C@@H]1OC(C)(C)O[C@H]1[C@@H](O)CSC(=O)c1ccccc1. The predicted octanol–water partition coefficient (Wildman–Crippen LogP) is 4.27. The van der Waals surface area contributed by atoms with Crippen molar-refractivity contribution in [3.05, 3.63) is 35.9 Å². The van der Waals surface area contributed by atoms with Gasteiger partial charge in [0.15, 0.2) is 5.79 Å². The Labute approximate surface area is 169 Å². The lowest BCUT2D eigenvalue weighted by atomic mass is 10.1. The van der Waals surface area contributed by atoms with Crippen molar-refractivity contribution in [1.29, 1.82) is 0 Å². The Morgan fingerprint density at radius 2 is 1.69 bits per heavy atom. The molecule has 0 aliphatic carbocycles. The maximum atomic E-state index is 12.3. The highest BCUT2D eigenvalue weighted by atomic mass is 32.2. The van der Waals surface area contributed by atoms with Crippen molar-refractivity contribution in [2.45, 2.75) is 56.4 Å². The Hall–Kier alpha value is -0.180. The van der Waals surface area contributed by atoms with Gasteiger partial charge in [0.1, 0.15) is 12.2 Å². The number of carbonyl (C=O) groups is 1. The van der Waals surface area contributed by atoms with Crippen molar-refractivity contribution in [1.82, 2.24) is 0 Å². The molecule has 1 aromatic carbocycles. The highest BCUT2D eigenvalue weighted by molar-refractivity contribution is 8.17. The van der Waals surface area contributed by atoms with Crippen molar-refractivity contribution in [2.24, 2.45) is 0 Å². The van der Waals surface area contributed by atoms with E-state index in [-0.39, 0.29) is 21.6 Å². The zero-order chi connectivity index (χ0) is 19.2. The van der Waals surface area contributed by atoms with E-state index in [1.807, 2.05) is 55.6 Å². The molecule has 0 amide bonds. The van der Waals surface area contributed by atoms with Crippen LogP contribution < -0.4 is 0 Å². The van der Waals surface area contributed by atoms with Gasteiger partial charge in [-0.05, 0) is 25.4 Å². The number of hydrogen-bond donors (Lipinski definition) is 1. The predicted molar refractivity (Wildman–Crippen MR) is 113 cm³/mol. The minimum absolute atomic E-state index is 0.0400. The van der Waals surface area contributed by atoms with E-state index in [4.69, 9.17) is 9.47 Å². The third-order valence-electron chi connectivity index (χ3n) is 3.87. The van der Waals surface area contributed by atoms with Gasteiger partial charge in [0, 0.05) is 11.3 Å². The van der Waals surface area contributed by atoms with Crippen molar-refractivity contribution >= 4 is 40.4 Å². The molecular weight excluding hydrogens is 388 g/mol. The maximum Gasteiger partial charge on any atom is 0.219 e. The number of aliphatic hydroxyl groups excluding tert-OH is 1. The van der Waals surface area contributed by atoms with Crippen LogP contribution in [0.4, 0.5) is 0 Å². The van der Waals surface area contributed by atoms with E-state index in [1.54, 1.807) is 12.1 Å². The van der Waals surface area contributed by atoms with Crippen LogP contribution in [-0.2, 0) is 9.47 Å². The summed E-state index contributed by atoms with van der Waals surface area (Å²) in [6.07, 6.45) is -1.41. The number of aliphatic hydroxyl groups is 1. The van der Waals surface area contributed by atoms with Crippen LogP contribution in [0, 0.1) is 0 Å². The Balaban J connectivity index is 2.01. The molecule has 0 saturated carbocycles. The van der Waals surface area contributed by atoms with Gasteiger partial charge >= 0.3 is 0 Å². The van der Waals surface area contributed by atoms with E-state index in [9.17, 15) is 9.90 Å². The van der Waals surface area contributed by atoms with Gasteiger partial charge in [-0.1, -0.05) is 55.9 Å². The summed E-state index contributed by atoms with van der Waals surface area (Å²) in [6.45, 7) is 7.99. The molecule has 4 nitrogen and oxygen atoms in total. The number of thioether (sulfide) groups is 3. The standard InChI is InChI=1S/C19H28O4S3/c1-5-24-18(25-6-2)16-15(22-19(3,4)23-16)14(20)12-26-17(21)13-10-8-7-9-11-13/h7-11,14-16,18,20H,5-6,12H2,1-4H3/t14-,15-,16+/m0/s1. The molecule has 0 radical (unpaired) electrons. The second-order valence-electron chi connectivity index (χ2n) is 6.38. The molecule has 7 heteroatoms. The van der Waals surface area contributed by atoms with Crippen LogP contribution in [0.15, 0.2) is 30.3 Å².